The topological polar surface area (TPSA) is 76.5 Å². The molecule has 0 aliphatic rings. The third-order valence-electron chi connectivity index (χ3n) is 4.48. The van der Waals surface area contributed by atoms with Crippen LogP contribution in [0.25, 0.3) is 16.9 Å². The number of aromatic nitrogens is 4. The number of hydrogen-bond donors (Lipinski definition) is 0. The van der Waals surface area contributed by atoms with Gasteiger partial charge >= 0.3 is 0 Å². The van der Waals surface area contributed by atoms with Crippen LogP contribution < -0.4 is 0 Å². The van der Waals surface area contributed by atoms with E-state index in [-0.39, 0.29) is 12.3 Å². The van der Waals surface area contributed by atoms with Crippen molar-refractivity contribution >= 4 is 11.6 Å². The lowest BCUT2D eigenvalue weighted by Gasteiger charge is -2.15. The molecular weight excluding hydrogens is 342 g/mol. The molecule has 0 radical (unpaired) electrons. The summed E-state index contributed by atoms with van der Waals surface area (Å²) < 4.78 is 7.33. The van der Waals surface area contributed by atoms with Crippen LogP contribution >= 0.6 is 0 Å². The SMILES string of the molecule is Cc1nc2ccccn2c1CC(=O)N(C)Cc1cc(-c2cccnc2)no1. The monoisotopic (exact) mass is 361 g/mol. The number of pyridine rings is 2. The van der Waals surface area contributed by atoms with E-state index in [0.717, 1.165) is 22.6 Å². The average Bonchev–Trinajstić information content (AvgIpc) is 3.27. The third-order valence-corrected chi connectivity index (χ3v) is 4.48. The lowest BCUT2D eigenvalue weighted by Crippen LogP contribution is -2.28. The summed E-state index contributed by atoms with van der Waals surface area (Å²) in [6, 6.07) is 11.4. The molecule has 4 rings (SSSR count). The van der Waals surface area contributed by atoms with E-state index in [0.29, 0.717) is 18.0 Å². The molecule has 0 spiro atoms. The van der Waals surface area contributed by atoms with Gasteiger partial charge in [0.05, 0.1) is 24.4 Å². The van der Waals surface area contributed by atoms with Gasteiger partial charge in [0.15, 0.2) is 5.76 Å². The average molecular weight is 361 g/mol. The molecule has 0 bridgehead atoms. The van der Waals surface area contributed by atoms with Gasteiger partial charge in [-0.2, -0.15) is 0 Å². The Balaban J connectivity index is 1.47. The Morgan fingerprint density at radius 2 is 2.15 bits per heavy atom. The predicted octanol–water partition coefficient (Wildman–Crippen LogP) is 2.89. The molecule has 4 aromatic heterocycles. The van der Waals surface area contributed by atoms with Crippen molar-refractivity contribution in [3.05, 3.63) is 72.1 Å². The molecule has 7 heteroatoms. The number of aryl methyl sites for hydroxylation is 1. The van der Waals surface area contributed by atoms with Crippen molar-refractivity contribution < 1.29 is 9.32 Å². The highest BCUT2D eigenvalue weighted by Gasteiger charge is 2.17. The van der Waals surface area contributed by atoms with Crippen LogP contribution in [-0.4, -0.2) is 37.4 Å². The minimum absolute atomic E-state index is 0.0110. The molecule has 0 N–H and O–H groups in total. The molecule has 4 aromatic rings. The van der Waals surface area contributed by atoms with E-state index >= 15 is 0 Å². The lowest BCUT2D eigenvalue weighted by molar-refractivity contribution is -0.130. The Hall–Kier alpha value is -3.48. The van der Waals surface area contributed by atoms with E-state index < -0.39 is 0 Å². The highest BCUT2D eigenvalue weighted by atomic mass is 16.5. The third kappa shape index (κ3) is 3.44. The van der Waals surface area contributed by atoms with Crippen LogP contribution in [0.5, 0.6) is 0 Å². The summed E-state index contributed by atoms with van der Waals surface area (Å²) in [5.41, 5.74) is 4.19. The van der Waals surface area contributed by atoms with Gasteiger partial charge in [0.2, 0.25) is 5.91 Å². The minimum Gasteiger partial charge on any atom is -0.359 e. The standard InChI is InChI=1S/C20H19N5O2/c1-14-18(25-9-4-3-7-19(25)22-14)11-20(26)24(2)13-16-10-17(23-27-16)15-6-5-8-21-12-15/h3-10,12H,11,13H2,1-2H3. The van der Waals surface area contributed by atoms with E-state index in [9.17, 15) is 4.79 Å². The molecule has 0 aromatic carbocycles. The van der Waals surface area contributed by atoms with Gasteiger partial charge in [0.1, 0.15) is 11.3 Å². The largest absolute Gasteiger partial charge is 0.359 e. The molecule has 0 atom stereocenters. The Morgan fingerprint density at radius 1 is 1.26 bits per heavy atom. The van der Waals surface area contributed by atoms with Crippen LogP contribution in [0.2, 0.25) is 0 Å². The maximum atomic E-state index is 12.7. The molecule has 1 amide bonds. The first-order chi connectivity index (χ1) is 13.1. The fraction of sp³-hybridized carbons (Fsp3) is 0.200. The van der Waals surface area contributed by atoms with E-state index in [4.69, 9.17) is 4.52 Å². The number of carbonyl (C=O) groups is 1. The first-order valence-electron chi connectivity index (χ1n) is 8.64. The molecule has 0 saturated heterocycles. The van der Waals surface area contributed by atoms with Crippen LogP contribution in [0.15, 0.2) is 59.5 Å². The Kier molecular flexibility index (Phi) is 4.42. The number of likely N-dealkylation sites (N-methyl/N-ethyl adjacent to an activating group) is 1. The summed E-state index contributed by atoms with van der Waals surface area (Å²) in [4.78, 5) is 22.9. The van der Waals surface area contributed by atoms with Crippen molar-refractivity contribution in [1.29, 1.82) is 0 Å². The predicted molar refractivity (Wildman–Crippen MR) is 99.8 cm³/mol. The second-order valence-corrected chi connectivity index (χ2v) is 6.42. The highest BCUT2D eigenvalue weighted by Crippen LogP contribution is 2.19. The van der Waals surface area contributed by atoms with Gasteiger partial charge in [-0.15, -0.1) is 0 Å². The molecular formula is C20H19N5O2. The van der Waals surface area contributed by atoms with Gasteiger partial charge in [-0.05, 0) is 31.2 Å². The molecule has 4 heterocycles. The molecule has 136 valence electrons. The Morgan fingerprint density at radius 3 is 2.96 bits per heavy atom. The quantitative estimate of drug-likeness (QED) is 0.546. The fourth-order valence-corrected chi connectivity index (χ4v) is 3.02. The highest BCUT2D eigenvalue weighted by molar-refractivity contribution is 5.78. The van der Waals surface area contributed by atoms with Gasteiger partial charge in [-0.1, -0.05) is 11.2 Å². The Labute approximate surface area is 156 Å². The summed E-state index contributed by atoms with van der Waals surface area (Å²) in [6.07, 6.45) is 5.63. The van der Waals surface area contributed by atoms with Crippen molar-refractivity contribution in [2.24, 2.45) is 0 Å². The van der Waals surface area contributed by atoms with Crippen molar-refractivity contribution in [3.8, 4) is 11.3 Å². The van der Waals surface area contributed by atoms with E-state index in [1.165, 1.54) is 0 Å². The van der Waals surface area contributed by atoms with Crippen molar-refractivity contribution in [2.45, 2.75) is 19.9 Å². The van der Waals surface area contributed by atoms with Crippen molar-refractivity contribution in [3.63, 3.8) is 0 Å². The molecule has 0 aliphatic carbocycles. The van der Waals surface area contributed by atoms with Gasteiger partial charge in [0, 0.05) is 37.3 Å². The van der Waals surface area contributed by atoms with Crippen LogP contribution in [0.3, 0.4) is 0 Å². The first kappa shape index (κ1) is 17.0. The number of nitrogens with zero attached hydrogens (tertiary/aromatic N) is 5. The zero-order valence-corrected chi connectivity index (χ0v) is 15.2. The summed E-state index contributed by atoms with van der Waals surface area (Å²) >= 11 is 0. The van der Waals surface area contributed by atoms with E-state index in [2.05, 4.69) is 15.1 Å². The first-order valence-corrected chi connectivity index (χ1v) is 8.64. The molecule has 0 fully saturated rings. The van der Waals surface area contributed by atoms with Crippen LogP contribution in [0.1, 0.15) is 17.1 Å². The number of carbonyl (C=O) groups excluding carboxylic acids is 1. The van der Waals surface area contributed by atoms with Crippen LogP contribution in [0.4, 0.5) is 0 Å². The minimum atomic E-state index is -0.0110. The zero-order chi connectivity index (χ0) is 18.8. The Bertz CT molecular complexity index is 1080. The smallest absolute Gasteiger partial charge is 0.228 e. The van der Waals surface area contributed by atoms with Crippen molar-refractivity contribution in [1.82, 2.24) is 24.4 Å². The normalized spacial score (nSPS) is 11.0. The van der Waals surface area contributed by atoms with Crippen LogP contribution in [-0.2, 0) is 17.8 Å². The summed E-state index contributed by atoms with van der Waals surface area (Å²) in [6.45, 7) is 2.27. The molecule has 0 saturated carbocycles. The number of amides is 1. The van der Waals surface area contributed by atoms with Gasteiger partial charge in [-0.3, -0.25) is 9.78 Å². The maximum absolute atomic E-state index is 12.7. The van der Waals surface area contributed by atoms with Gasteiger partial charge in [0.25, 0.3) is 0 Å². The van der Waals surface area contributed by atoms with Crippen LogP contribution in [0, 0.1) is 6.92 Å². The van der Waals surface area contributed by atoms with E-state index in [1.807, 2.05) is 53.9 Å². The molecule has 27 heavy (non-hydrogen) atoms. The fourth-order valence-electron chi connectivity index (χ4n) is 3.02. The number of fused-ring (bicyclic) bond motifs is 1. The van der Waals surface area contributed by atoms with Gasteiger partial charge < -0.3 is 13.8 Å². The number of imidazole rings is 1. The maximum Gasteiger partial charge on any atom is 0.228 e. The summed E-state index contributed by atoms with van der Waals surface area (Å²) in [5, 5.41) is 4.06. The number of rotatable bonds is 5. The molecule has 0 aliphatic heterocycles. The molecule has 7 nitrogen and oxygen atoms in total. The van der Waals surface area contributed by atoms with E-state index in [1.54, 1.807) is 24.3 Å². The zero-order valence-electron chi connectivity index (χ0n) is 15.2. The second-order valence-electron chi connectivity index (χ2n) is 6.42. The summed E-state index contributed by atoms with van der Waals surface area (Å²) in [7, 11) is 1.76. The second kappa shape index (κ2) is 7.03. The van der Waals surface area contributed by atoms with Crippen molar-refractivity contribution in [2.75, 3.05) is 7.05 Å². The summed E-state index contributed by atoms with van der Waals surface area (Å²) in [5.74, 6) is 0.614. The molecule has 0 unspecified atom stereocenters. The van der Waals surface area contributed by atoms with Gasteiger partial charge in [-0.25, -0.2) is 4.98 Å². The number of hydrogen-bond acceptors (Lipinski definition) is 5. The lowest BCUT2D eigenvalue weighted by atomic mass is 10.2.